The number of benzene rings is 1. The van der Waals surface area contributed by atoms with E-state index in [1.165, 1.54) is 12.3 Å². The fourth-order valence-corrected chi connectivity index (χ4v) is 2.24. The second kappa shape index (κ2) is 8.03. The van der Waals surface area contributed by atoms with Gasteiger partial charge in [0.05, 0.1) is 5.56 Å². The number of amides is 2. The van der Waals surface area contributed by atoms with Gasteiger partial charge in [0.2, 0.25) is 0 Å². The van der Waals surface area contributed by atoms with Gasteiger partial charge in [-0.1, -0.05) is 12.1 Å². The highest BCUT2D eigenvalue weighted by Crippen LogP contribution is 2.31. The number of pyridine rings is 1. The summed E-state index contributed by atoms with van der Waals surface area (Å²) in [4.78, 5) is 15.7. The van der Waals surface area contributed by atoms with Crippen LogP contribution in [0.5, 0.6) is 0 Å². The van der Waals surface area contributed by atoms with Crippen molar-refractivity contribution in [2.24, 2.45) is 0 Å². The van der Waals surface area contributed by atoms with Crippen molar-refractivity contribution in [3.8, 4) is 0 Å². The van der Waals surface area contributed by atoms with Crippen LogP contribution in [0.2, 0.25) is 0 Å². The van der Waals surface area contributed by atoms with Crippen LogP contribution in [0.3, 0.4) is 0 Å². The average Bonchev–Trinajstić information content (AvgIpc) is 2.59. The zero-order valence-electron chi connectivity index (χ0n) is 14.2. The van der Waals surface area contributed by atoms with E-state index in [1.54, 1.807) is 5.32 Å². The lowest BCUT2D eigenvalue weighted by Crippen LogP contribution is -2.48. The molecule has 11 heteroatoms. The Morgan fingerprint density at radius 1 is 1.00 bits per heavy atom. The molecule has 1 heterocycles. The van der Waals surface area contributed by atoms with Crippen molar-refractivity contribution in [2.45, 2.75) is 31.4 Å². The Morgan fingerprint density at radius 2 is 1.61 bits per heavy atom. The Bertz CT molecular complexity index is 819. The van der Waals surface area contributed by atoms with Gasteiger partial charge in [-0.2, -0.15) is 26.3 Å². The van der Waals surface area contributed by atoms with E-state index in [2.05, 4.69) is 10.3 Å². The van der Waals surface area contributed by atoms with Crippen LogP contribution in [0.4, 0.5) is 35.5 Å². The summed E-state index contributed by atoms with van der Waals surface area (Å²) in [5.74, 6) is -0.892. The number of carbonyl (C=O) groups excluding carboxylic acids is 1. The van der Waals surface area contributed by atoms with Crippen molar-refractivity contribution in [2.75, 3.05) is 0 Å². The van der Waals surface area contributed by atoms with Crippen molar-refractivity contribution in [3.05, 3.63) is 65.2 Å². The first-order valence-electron chi connectivity index (χ1n) is 7.81. The molecule has 0 aliphatic heterocycles. The Balaban J connectivity index is 2.33. The largest absolute Gasteiger partial charge is 0.416 e. The zero-order valence-corrected chi connectivity index (χ0v) is 14.2. The maximum absolute atomic E-state index is 14.1. The number of alkyl halides is 6. The van der Waals surface area contributed by atoms with Gasteiger partial charge in [-0.25, -0.2) is 9.18 Å². The highest BCUT2D eigenvalue weighted by Gasteiger charge is 2.37. The van der Waals surface area contributed by atoms with Crippen LogP contribution in [0.25, 0.3) is 0 Å². The lowest BCUT2D eigenvalue weighted by molar-refractivity contribution is -0.148. The third-order valence-corrected chi connectivity index (χ3v) is 3.75. The summed E-state index contributed by atoms with van der Waals surface area (Å²) >= 11 is 0. The molecule has 1 unspecified atom stereocenters. The van der Waals surface area contributed by atoms with Gasteiger partial charge in [0, 0.05) is 6.20 Å². The first-order valence-corrected chi connectivity index (χ1v) is 7.81. The van der Waals surface area contributed by atoms with Gasteiger partial charge in [-0.05, 0) is 36.8 Å². The molecule has 28 heavy (non-hydrogen) atoms. The van der Waals surface area contributed by atoms with Crippen LogP contribution < -0.4 is 10.6 Å². The fraction of sp³-hybridized carbons (Fsp3) is 0.294. The van der Waals surface area contributed by atoms with E-state index in [0.29, 0.717) is 19.1 Å². The molecule has 1 aromatic carbocycles. The minimum atomic E-state index is -4.71. The molecule has 2 amide bonds. The SMILES string of the molecule is CC(NC(=O)N[C@@H](c1ccc(C(F)(F)F)cc1)c1ncccc1F)C(F)(F)F. The maximum Gasteiger partial charge on any atom is 0.416 e. The predicted octanol–water partition coefficient (Wildman–Crippen LogP) is 4.58. The third-order valence-electron chi connectivity index (χ3n) is 3.75. The summed E-state index contributed by atoms with van der Waals surface area (Å²) in [6.07, 6.45) is -8.15. The minimum Gasteiger partial charge on any atom is -0.327 e. The average molecular weight is 409 g/mol. The van der Waals surface area contributed by atoms with E-state index in [1.807, 2.05) is 0 Å². The van der Waals surface area contributed by atoms with Crippen LogP contribution in [0.15, 0.2) is 42.6 Å². The Kier molecular flexibility index (Phi) is 6.15. The van der Waals surface area contributed by atoms with Crippen LogP contribution in [-0.2, 0) is 6.18 Å². The molecule has 152 valence electrons. The smallest absolute Gasteiger partial charge is 0.327 e. The number of aromatic nitrogens is 1. The van der Waals surface area contributed by atoms with Gasteiger partial charge in [0.15, 0.2) is 0 Å². The predicted molar refractivity (Wildman–Crippen MR) is 84.7 cm³/mol. The van der Waals surface area contributed by atoms with Crippen LogP contribution in [0, 0.1) is 5.82 Å². The monoisotopic (exact) mass is 409 g/mol. The number of hydrogen-bond donors (Lipinski definition) is 2. The highest BCUT2D eigenvalue weighted by molar-refractivity contribution is 5.75. The van der Waals surface area contributed by atoms with Crippen molar-refractivity contribution in [1.29, 1.82) is 0 Å². The highest BCUT2D eigenvalue weighted by atomic mass is 19.4. The van der Waals surface area contributed by atoms with Crippen molar-refractivity contribution in [3.63, 3.8) is 0 Å². The summed E-state index contributed by atoms with van der Waals surface area (Å²) < 4.78 is 90.0. The van der Waals surface area contributed by atoms with E-state index in [-0.39, 0.29) is 11.3 Å². The molecule has 0 aliphatic carbocycles. The molecule has 0 aliphatic rings. The van der Waals surface area contributed by atoms with Gasteiger partial charge in [-0.15, -0.1) is 0 Å². The molecule has 4 nitrogen and oxygen atoms in total. The van der Waals surface area contributed by atoms with E-state index in [4.69, 9.17) is 0 Å². The van der Waals surface area contributed by atoms with E-state index >= 15 is 0 Å². The van der Waals surface area contributed by atoms with Gasteiger partial charge in [0.1, 0.15) is 23.6 Å². The maximum atomic E-state index is 14.1. The van der Waals surface area contributed by atoms with Gasteiger partial charge in [-0.3, -0.25) is 4.98 Å². The Hall–Kier alpha value is -2.85. The van der Waals surface area contributed by atoms with Crippen LogP contribution >= 0.6 is 0 Å². The molecular weight excluding hydrogens is 395 g/mol. The summed E-state index contributed by atoms with van der Waals surface area (Å²) in [6.45, 7) is 0.702. The van der Waals surface area contributed by atoms with Crippen LogP contribution in [0.1, 0.15) is 29.8 Å². The fourth-order valence-electron chi connectivity index (χ4n) is 2.24. The van der Waals surface area contributed by atoms with E-state index < -0.39 is 41.8 Å². The molecule has 0 fully saturated rings. The van der Waals surface area contributed by atoms with Crippen LogP contribution in [-0.4, -0.2) is 23.2 Å². The minimum absolute atomic E-state index is 0.000381. The molecule has 0 saturated carbocycles. The van der Waals surface area contributed by atoms with Crippen molar-refractivity contribution in [1.82, 2.24) is 15.6 Å². The molecule has 2 atom stereocenters. The normalized spacial score (nSPS) is 14.3. The Labute approximate surface area is 154 Å². The van der Waals surface area contributed by atoms with Gasteiger partial charge in [0.25, 0.3) is 0 Å². The van der Waals surface area contributed by atoms with E-state index in [9.17, 15) is 35.5 Å². The molecule has 0 saturated heterocycles. The number of urea groups is 1. The molecule has 2 N–H and O–H groups in total. The Morgan fingerprint density at radius 3 is 2.11 bits per heavy atom. The lowest BCUT2D eigenvalue weighted by Gasteiger charge is -2.23. The van der Waals surface area contributed by atoms with E-state index in [0.717, 1.165) is 18.2 Å². The quantitative estimate of drug-likeness (QED) is 0.727. The number of carbonyl (C=O) groups is 1. The topological polar surface area (TPSA) is 54.0 Å². The second-order valence-corrected chi connectivity index (χ2v) is 5.80. The second-order valence-electron chi connectivity index (χ2n) is 5.80. The van der Waals surface area contributed by atoms with Gasteiger partial charge < -0.3 is 10.6 Å². The first kappa shape index (κ1) is 21.5. The molecule has 0 radical (unpaired) electrons. The third kappa shape index (κ3) is 5.33. The number of halogens is 7. The number of hydrogen-bond acceptors (Lipinski definition) is 2. The number of nitrogens with zero attached hydrogens (tertiary/aromatic N) is 1. The molecule has 0 spiro atoms. The number of nitrogens with one attached hydrogen (secondary N) is 2. The molecule has 2 rings (SSSR count). The molecular formula is C17H14F7N3O. The lowest BCUT2D eigenvalue weighted by atomic mass is 10.0. The molecule has 0 bridgehead atoms. The number of rotatable bonds is 4. The molecule has 1 aromatic heterocycles. The molecule has 2 aromatic rings. The standard InChI is InChI=1S/C17H14F7N3O/c1-9(16(19,20)21)26-15(28)27-13(14-12(18)3-2-8-25-14)10-4-6-11(7-5-10)17(22,23)24/h2-9,13H,1H3,(H2,26,27,28)/t9?,13-/m0/s1. The van der Waals surface area contributed by atoms with Crippen molar-refractivity contribution < 1.29 is 35.5 Å². The summed E-state index contributed by atoms with van der Waals surface area (Å²) in [5.41, 5.74) is -1.34. The first-order chi connectivity index (χ1) is 12.9. The summed E-state index contributed by atoms with van der Waals surface area (Å²) in [5, 5.41) is 3.76. The summed E-state index contributed by atoms with van der Waals surface area (Å²) in [6, 6.07) is 0.719. The van der Waals surface area contributed by atoms with Crippen molar-refractivity contribution >= 4 is 6.03 Å². The van der Waals surface area contributed by atoms with Gasteiger partial charge >= 0.3 is 18.4 Å². The zero-order chi connectivity index (χ0) is 21.1. The summed E-state index contributed by atoms with van der Waals surface area (Å²) in [7, 11) is 0.